The van der Waals surface area contributed by atoms with Crippen LogP contribution in [0.4, 0.5) is 14.5 Å². The van der Waals surface area contributed by atoms with Crippen LogP contribution < -0.4 is 5.32 Å². The molecule has 0 aliphatic carbocycles. The first-order valence-electron chi connectivity index (χ1n) is 9.63. The Morgan fingerprint density at radius 1 is 1.07 bits per heavy atom. The summed E-state index contributed by atoms with van der Waals surface area (Å²) in [6.45, 7) is 2.19. The van der Waals surface area contributed by atoms with Gasteiger partial charge in [0.2, 0.25) is 0 Å². The molecule has 0 radical (unpaired) electrons. The van der Waals surface area contributed by atoms with Crippen LogP contribution in [0.1, 0.15) is 33.7 Å². The third-order valence-electron chi connectivity index (χ3n) is 4.99. The van der Waals surface area contributed by atoms with Crippen molar-refractivity contribution in [2.45, 2.75) is 18.6 Å². The first kappa shape index (κ1) is 20.3. The lowest BCUT2D eigenvalue weighted by molar-refractivity contribution is 0.101. The van der Waals surface area contributed by atoms with Gasteiger partial charge >= 0.3 is 0 Å². The van der Waals surface area contributed by atoms with Crippen molar-refractivity contribution in [1.82, 2.24) is 4.98 Å². The summed E-state index contributed by atoms with van der Waals surface area (Å²) in [5, 5.41) is 2.85. The summed E-state index contributed by atoms with van der Waals surface area (Å²) in [4.78, 5) is 17.7. The maximum absolute atomic E-state index is 13.8. The lowest BCUT2D eigenvalue weighted by Gasteiger charge is -2.16. The summed E-state index contributed by atoms with van der Waals surface area (Å²) >= 11 is 1.83. The zero-order valence-electron chi connectivity index (χ0n) is 16.3. The number of amides is 1. The van der Waals surface area contributed by atoms with Crippen LogP contribution in [0, 0.1) is 17.6 Å². The molecule has 2 heterocycles. The van der Waals surface area contributed by atoms with E-state index in [1.807, 2.05) is 36.2 Å². The molecule has 2 unspecified atom stereocenters. The maximum Gasteiger partial charge on any atom is 0.261 e. The van der Waals surface area contributed by atoms with E-state index in [4.69, 9.17) is 0 Å². The van der Waals surface area contributed by atoms with Crippen LogP contribution in [0.25, 0.3) is 0 Å². The Hall–Kier alpha value is -2.99. The van der Waals surface area contributed by atoms with E-state index in [0.29, 0.717) is 11.6 Å². The number of hydrogen-bond donors (Lipinski definition) is 1. The fraction of sp³-hybridized carbons (Fsp3) is 0.167. The average Bonchev–Trinajstić information content (AvgIpc) is 3.09. The first-order valence-corrected chi connectivity index (χ1v) is 10.5. The monoisotopic (exact) mass is 422 g/mol. The summed E-state index contributed by atoms with van der Waals surface area (Å²) < 4.78 is 27.6. The summed E-state index contributed by atoms with van der Waals surface area (Å²) in [5.41, 5.74) is 2.24. The Balaban J connectivity index is 1.42. The fourth-order valence-corrected chi connectivity index (χ4v) is 4.99. The van der Waals surface area contributed by atoms with Gasteiger partial charge in [-0.1, -0.05) is 37.3 Å². The molecule has 1 amide bonds. The summed E-state index contributed by atoms with van der Waals surface area (Å²) in [6, 6.07) is 14.8. The average molecular weight is 423 g/mol. The zero-order valence-corrected chi connectivity index (χ0v) is 17.1. The van der Waals surface area contributed by atoms with Crippen LogP contribution >= 0.6 is 11.8 Å². The molecule has 6 heteroatoms. The van der Waals surface area contributed by atoms with Crippen LogP contribution in [0.5, 0.6) is 0 Å². The minimum atomic E-state index is -0.882. The molecule has 0 spiro atoms. The topological polar surface area (TPSA) is 42.0 Å². The van der Waals surface area contributed by atoms with Gasteiger partial charge in [0.25, 0.3) is 5.91 Å². The van der Waals surface area contributed by atoms with Crippen molar-refractivity contribution >= 4 is 23.4 Å². The van der Waals surface area contributed by atoms with Crippen LogP contribution in [-0.4, -0.2) is 10.9 Å². The molecule has 3 nitrogen and oxygen atoms in total. The fourth-order valence-electron chi connectivity index (χ4n) is 3.53. The molecule has 1 aliphatic heterocycles. The van der Waals surface area contributed by atoms with Gasteiger partial charge in [-0.2, -0.15) is 0 Å². The van der Waals surface area contributed by atoms with Crippen molar-refractivity contribution < 1.29 is 13.6 Å². The molecular formula is C24H20F2N2OS. The van der Waals surface area contributed by atoms with Crippen molar-refractivity contribution in [3.63, 3.8) is 0 Å². The van der Waals surface area contributed by atoms with Gasteiger partial charge in [-0.3, -0.25) is 9.78 Å². The molecule has 0 saturated heterocycles. The number of carbonyl (C=O) groups excluding carboxylic acids is 1. The summed E-state index contributed by atoms with van der Waals surface area (Å²) in [6.07, 6.45) is 6.81. The molecule has 2 atom stereocenters. The first-order chi connectivity index (χ1) is 14.5. The van der Waals surface area contributed by atoms with E-state index in [2.05, 4.69) is 29.4 Å². The lowest BCUT2D eigenvalue weighted by Crippen LogP contribution is -2.15. The molecule has 152 valence electrons. The maximum atomic E-state index is 13.8. The van der Waals surface area contributed by atoms with E-state index in [0.717, 1.165) is 24.1 Å². The van der Waals surface area contributed by atoms with Crippen LogP contribution in [0.3, 0.4) is 0 Å². The number of nitrogens with one attached hydrogen (secondary N) is 1. The number of rotatable bonds is 5. The Morgan fingerprint density at radius 2 is 1.80 bits per heavy atom. The van der Waals surface area contributed by atoms with E-state index < -0.39 is 23.1 Å². The number of pyridine rings is 1. The molecule has 3 aromatic rings. The van der Waals surface area contributed by atoms with Crippen LogP contribution in [0.2, 0.25) is 0 Å². The van der Waals surface area contributed by atoms with Gasteiger partial charge in [-0.25, -0.2) is 8.78 Å². The molecule has 0 fully saturated rings. The van der Waals surface area contributed by atoms with Gasteiger partial charge in [0, 0.05) is 29.8 Å². The molecule has 4 rings (SSSR count). The Kier molecular flexibility index (Phi) is 5.95. The zero-order chi connectivity index (χ0) is 21.1. The van der Waals surface area contributed by atoms with Crippen LogP contribution in [-0.2, 0) is 6.42 Å². The quantitative estimate of drug-likeness (QED) is 0.535. The van der Waals surface area contributed by atoms with E-state index >= 15 is 0 Å². The van der Waals surface area contributed by atoms with E-state index in [1.54, 1.807) is 18.3 Å². The highest BCUT2D eigenvalue weighted by Crippen LogP contribution is 2.48. The number of halogens is 2. The molecule has 1 N–H and O–H groups in total. The number of allylic oxidation sites excluding steroid dienone is 2. The normalized spacial score (nSPS) is 18.2. The van der Waals surface area contributed by atoms with Crippen molar-refractivity contribution in [1.29, 1.82) is 0 Å². The highest BCUT2D eigenvalue weighted by Gasteiger charge is 2.26. The summed E-state index contributed by atoms with van der Waals surface area (Å²) in [7, 11) is 0. The van der Waals surface area contributed by atoms with E-state index in [-0.39, 0.29) is 5.25 Å². The third kappa shape index (κ3) is 4.44. The van der Waals surface area contributed by atoms with Gasteiger partial charge in [-0.05, 0) is 52.3 Å². The predicted molar refractivity (Wildman–Crippen MR) is 116 cm³/mol. The molecule has 30 heavy (non-hydrogen) atoms. The molecule has 1 aromatic heterocycles. The van der Waals surface area contributed by atoms with Crippen molar-refractivity contribution in [2.75, 3.05) is 5.32 Å². The van der Waals surface area contributed by atoms with Gasteiger partial charge in [0.1, 0.15) is 17.2 Å². The smallest absolute Gasteiger partial charge is 0.261 e. The molecule has 2 aromatic carbocycles. The van der Waals surface area contributed by atoms with Gasteiger partial charge < -0.3 is 5.32 Å². The highest BCUT2D eigenvalue weighted by molar-refractivity contribution is 8.03. The second kappa shape index (κ2) is 8.79. The number of thioether (sulfide) groups is 1. The SMILES string of the molecule is CC1C=C(Cc2cccnc2)SC1c1ccc(NC(=O)c2c(F)cccc2F)cc1. The molecule has 0 bridgehead atoms. The van der Waals surface area contributed by atoms with Crippen molar-refractivity contribution in [3.8, 4) is 0 Å². The van der Waals surface area contributed by atoms with E-state index in [1.165, 1.54) is 16.5 Å². The highest BCUT2D eigenvalue weighted by atomic mass is 32.2. The number of hydrogen-bond acceptors (Lipinski definition) is 3. The largest absolute Gasteiger partial charge is 0.322 e. The number of carbonyl (C=O) groups is 1. The number of benzene rings is 2. The number of aromatic nitrogens is 1. The Labute approximate surface area is 178 Å². The Morgan fingerprint density at radius 3 is 2.47 bits per heavy atom. The second-order valence-corrected chi connectivity index (χ2v) is 8.51. The predicted octanol–water partition coefficient (Wildman–Crippen LogP) is 6.16. The number of nitrogens with zero attached hydrogens (tertiary/aromatic N) is 1. The van der Waals surface area contributed by atoms with Gasteiger partial charge in [0.05, 0.1) is 0 Å². The minimum absolute atomic E-state index is 0.283. The van der Waals surface area contributed by atoms with Gasteiger partial charge in [0.15, 0.2) is 0 Å². The standard InChI is InChI=1S/C24H20F2N2OS/c1-15-12-19(13-16-4-3-11-27-14-16)30-23(15)17-7-9-18(10-8-17)28-24(29)22-20(25)5-2-6-21(22)26/h2-12,14-15,23H,13H2,1H3,(H,28,29). The summed E-state index contributed by atoms with van der Waals surface area (Å²) in [5.74, 6) is -2.20. The van der Waals surface area contributed by atoms with Crippen molar-refractivity contribution in [3.05, 3.63) is 106 Å². The van der Waals surface area contributed by atoms with Crippen LogP contribution in [0.15, 0.2) is 78.0 Å². The third-order valence-corrected chi connectivity index (χ3v) is 6.53. The van der Waals surface area contributed by atoms with E-state index in [9.17, 15) is 13.6 Å². The lowest BCUT2D eigenvalue weighted by atomic mass is 9.99. The molecule has 1 aliphatic rings. The molecule has 0 saturated carbocycles. The second-order valence-electron chi connectivity index (χ2n) is 7.24. The molecular weight excluding hydrogens is 402 g/mol. The van der Waals surface area contributed by atoms with Crippen molar-refractivity contribution in [2.24, 2.45) is 5.92 Å². The van der Waals surface area contributed by atoms with Gasteiger partial charge in [-0.15, -0.1) is 11.8 Å². The Bertz CT molecular complexity index is 1060. The number of anilines is 1. The minimum Gasteiger partial charge on any atom is -0.322 e.